The molecule has 2 heterocycles. The number of carboxylic acid groups (broad SMARTS) is 1. The van der Waals surface area contributed by atoms with Gasteiger partial charge in [-0.3, -0.25) is 19.5 Å². The number of hydrogen-bond acceptors (Lipinski definition) is 6. The standard InChI is InChI=1S/C22H26N6O6/c1-22(2,25-21(33)34)13-18(30)26-8-10-27(11-9-26)19(31)23-17-6-7-28(20(32)24-17)16-5-3-4-15(12-16)14-29/h3-7,12,14,25H,8-11,13H2,1-2H3,(H,33,34)(H,23,24,31,32). The summed E-state index contributed by atoms with van der Waals surface area (Å²) in [5, 5.41) is 13.8. The van der Waals surface area contributed by atoms with E-state index in [0.29, 0.717) is 30.6 Å². The second-order valence-electron chi connectivity index (χ2n) is 8.47. The smallest absolute Gasteiger partial charge is 0.405 e. The summed E-state index contributed by atoms with van der Waals surface area (Å²) >= 11 is 0. The van der Waals surface area contributed by atoms with Gasteiger partial charge in [0, 0.05) is 49.9 Å². The molecule has 180 valence electrons. The first-order valence-electron chi connectivity index (χ1n) is 10.6. The van der Waals surface area contributed by atoms with E-state index >= 15 is 0 Å². The van der Waals surface area contributed by atoms with Crippen LogP contribution in [-0.2, 0) is 4.79 Å². The molecular weight excluding hydrogens is 444 g/mol. The van der Waals surface area contributed by atoms with Crippen molar-refractivity contribution in [3.63, 3.8) is 0 Å². The van der Waals surface area contributed by atoms with E-state index < -0.39 is 23.4 Å². The second-order valence-corrected chi connectivity index (χ2v) is 8.47. The number of nitrogens with one attached hydrogen (secondary N) is 2. The lowest BCUT2D eigenvalue weighted by Crippen LogP contribution is -2.54. The number of urea groups is 1. The lowest BCUT2D eigenvalue weighted by molar-refractivity contribution is -0.133. The summed E-state index contributed by atoms with van der Waals surface area (Å²) in [7, 11) is 0. The van der Waals surface area contributed by atoms with Gasteiger partial charge in [0.15, 0.2) is 0 Å². The van der Waals surface area contributed by atoms with Gasteiger partial charge in [-0.1, -0.05) is 12.1 Å². The minimum Gasteiger partial charge on any atom is -0.465 e. The maximum absolute atomic E-state index is 12.6. The van der Waals surface area contributed by atoms with Crippen molar-refractivity contribution in [2.24, 2.45) is 0 Å². The molecule has 3 N–H and O–H groups in total. The van der Waals surface area contributed by atoms with Gasteiger partial charge in [0.2, 0.25) is 5.91 Å². The van der Waals surface area contributed by atoms with Gasteiger partial charge in [-0.15, -0.1) is 0 Å². The number of rotatable bonds is 6. The van der Waals surface area contributed by atoms with E-state index in [1.165, 1.54) is 21.7 Å². The number of nitrogens with zero attached hydrogens (tertiary/aromatic N) is 4. The third kappa shape index (κ3) is 6.18. The van der Waals surface area contributed by atoms with E-state index in [0.717, 1.165) is 0 Å². The minimum atomic E-state index is -1.20. The predicted molar refractivity (Wildman–Crippen MR) is 122 cm³/mol. The van der Waals surface area contributed by atoms with E-state index in [4.69, 9.17) is 5.11 Å². The van der Waals surface area contributed by atoms with Crippen LogP contribution in [0.3, 0.4) is 0 Å². The van der Waals surface area contributed by atoms with Crippen LogP contribution in [0, 0.1) is 0 Å². The Balaban J connectivity index is 1.56. The van der Waals surface area contributed by atoms with Crippen molar-refractivity contribution in [2.75, 3.05) is 31.5 Å². The highest BCUT2D eigenvalue weighted by atomic mass is 16.4. The first kappa shape index (κ1) is 24.4. The number of aldehydes is 1. The van der Waals surface area contributed by atoms with Crippen LogP contribution in [0.15, 0.2) is 41.3 Å². The Kier molecular flexibility index (Phi) is 7.29. The summed E-state index contributed by atoms with van der Waals surface area (Å²) in [6.07, 6.45) is 0.937. The molecular formula is C22H26N6O6. The Hall–Kier alpha value is -4.22. The fraction of sp³-hybridized carbons (Fsp3) is 0.364. The highest BCUT2D eigenvalue weighted by Crippen LogP contribution is 2.14. The molecule has 0 atom stereocenters. The van der Waals surface area contributed by atoms with Gasteiger partial charge in [0.05, 0.1) is 5.69 Å². The molecule has 3 rings (SSSR count). The molecule has 1 aromatic heterocycles. The van der Waals surface area contributed by atoms with Crippen molar-refractivity contribution in [3.8, 4) is 5.69 Å². The van der Waals surface area contributed by atoms with Crippen LogP contribution in [-0.4, -0.2) is 80.5 Å². The molecule has 2 aromatic rings. The molecule has 12 heteroatoms. The van der Waals surface area contributed by atoms with Crippen LogP contribution < -0.4 is 16.3 Å². The van der Waals surface area contributed by atoms with E-state index in [9.17, 15) is 24.0 Å². The molecule has 1 aliphatic heterocycles. The number of hydrogen-bond donors (Lipinski definition) is 3. The van der Waals surface area contributed by atoms with Crippen molar-refractivity contribution < 1.29 is 24.3 Å². The molecule has 0 radical (unpaired) electrons. The zero-order valence-corrected chi connectivity index (χ0v) is 18.9. The summed E-state index contributed by atoms with van der Waals surface area (Å²) in [5.74, 6) is -0.125. The molecule has 0 bridgehead atoms. The maximum atomic E-state index is 12.6. The number of benzene rings is 1. The number of carbonyl (C=O) groups excluding carboxylic acids is 3. The van der Waals surface area contributed by atoms with Crippen LogP contribution in [0.1, 0.15) is 30.6 Å². The van der Waals surface area contributed by atoms with E-state index in [1.54, 1.807) is 43.0 Å². The van der Waals surface area contributed by atoms with Crippen molar-refractivity contribution in [2.45, 2.75) is 25.8 Å². The second kappa shape index (κ2) is 10.1. The summed E-state index contributed by atoms with van der Waals surface area (Å²) in [4.78, 5) is 66.3. The number of amides is 4. The van der Waals surface area contributed by atoms with Crippen LogP contribution >= 0.6 is 0 Å². The Bertz CT molecular complexity index is 1150. The van der Waals surface area contributed by atoms with E-state index in [-0.39, 0.29) is 31.2 Å². The molecule has 4 amide bonds. The number of carbonyl (C=O) groups is 4. The molecule has 0 aliphatic carbocycles. The zero-order valence-electron chi connectivity index (χ0n) is 18.9. The fourth-order valence-corrected chi connectivity index (χ4v) is 3.59. The Morgan fingerprint density at radius 1 is 1.12 bits per heavy atom. The third-order valence-corrected chi connectivity index (χ3v) is 5.28. The average molecular weight is 470 g/mol. The molecule has 0 spiro atoms. The summed E-state index contributed by atoms with van der Waals surface area (Å²) < 4.78 is 1.26. The van der Waals surface area contributed by atoms with Crippen LogP contribution in [0.2, 0.25) is 0 Å². The van der Waals surface area contributed by atoms with Crippen molar-refractivity contribution in [3.05, 3.63) is 52.6 Å². The largest absolute Gasteiger partial charge is 0.465 e. The van der Waals surface area contributed by atoms with Gasteiger partial charge in [0.1, 0.15) is 12.1 Å². The molecule has 0 saturated carbocycles. The molecule has 1 fully saturated rings. The van der Waals surface area contributed by atoms with Crippen molar-refractivity contribution in [1.82, 2.24) is 24.7 Å². The van der Waals surface area contributed by atoms with Gasteiger partial charge in [0.25, 0.3) is 0 Å². The Labute approximate surface area is 195 Å². The van der Waals surface area contributed by atoms with Gasteiger partial charge in [-0.05, 0) is 32.0 Å². The first-order chi connectivity index (χ1) is 16.1. The van der Waals surface area contributed by atoms with E-state index in [2.05, 4.69) is 15.6 Å². The SMILES string of the molecule is CC(C)(CC(=O)N1CCN(C(=O)Nc2ccn(-c3cccc(C=O)c3)c(=O)n2)CC1)NC(=O)O. The van der Waals surface area contributed by atoms with Crippen LogP contribution in [0.25, 0.3) is 5.69 Å². The summed E-state index contributed by atoms with van der Waals surface area (Å²) in [6.45, 7) is 4.42. The van der Waals surface area contributed by atoms with Crippen LogP contribution in [0.5, 0.6) is 0 Å². The lowest BCUT2D eigenvalue weighted by Gasteiger charge is -2.36. The van der Waals surface area contributed by atoms with Gasteiger partial charge >= 0.3 is 17.8 Å². The first-order valence-corrected chi connectivity index (χ1v) is 10.6. The van der Waals surface area contributed by atoms with Gasteiger partial charge in [-0.25, -0.2) is 14.4 Å². The highest BCUT2D eigenvalue weighted by molar-refractivity contribution is 5.88. The van der Waals surface area contributed by atoms with E-state index in [1.807, 2.05) is 0 Å². The molecule has 1 aromatic carbocycles. The average Bonchev–Trinajstić information content (AvgIpc) is 2.78. The molecule has 34 heavy (non-hydrogen) atoms. The Morgan fingerprint density at radius 3 is 2.41 bits per heavy atom. The monoisotopic (exact) mass is 470 g/mol. The topological polar surface area (TPSA) is 154 Å². The van der Waals surface area contributed by atoms with Crippen LogP contribution in [0.4, 0.5) is 15.4 Å². The van der Waals surface area contributed by atoms with Crippen molar-refractivity contribution >= 4 is 30.1 Å². The molecule has 1 saturated heterocycles. The van der Waals surface area contributed by atoms with Gasteiger partial charge in [-0.2, -0.15) is 4.98 Å². The lowest BCUT2D eigenvalue weighted by atomic mass is 10.00. The third-order valence-electron chi connectivity index (χ3n) is 5.28. The molecule has 0 unspecified atom stereocenters. The quantitative estimate of drug-likeness (QED) is 0.535. The van der Waals surface area contributed by atoms with Crippen molar-refractivity contribution in [1.29, 1.82) is 0 Å². The fourth-order valence-electron chi connectivity index (χ4n) is 3.59. The Morgan fingerprint density at radius 2 is 1.79 bits per heavy atom. The predicted octanol–water partition coefficient (Wildman–Crippen LogP) is 1.16. The minimum absolute atomic E-state index is 0.00145. The molecule has 1 aliphatic rings. The highest BCUT2D eigenvalue weighted by Gasteiger charge is 2.29. The number of anilines is 1. The normalized spacial score (nSPS) is 13.8. The zero-order chi connectivity index (χ0) is 24.9. The number of aromatic nitrogens is 2. The number of piperazine rings is 1. The summed E-state index contributed by atoms with van der Waals surface area (Å²) in [6, 6.07) is 7.50. The maximum Gasteiger partial charge on any atom is 0.405 e. The van der Waals surface area contributed by atoms with Gasteiger partial charge < -0.3 is 20.2 Å². The summed E-state index contributed by atoms with van der Waals surface area (Å²) in [5.41, 5.74) is -0.629. The molecule has 12 nitrogen and oxygen atoms in total.